The predicted octanol–water partition coefficient (Wildman–Crippen LogP) is 0.525. The van der Waals surface area contributed by atoms with Crippen molar-refractivity contribution in [3.63, 3.8) is 0 Å². The van der Waals surface area contributed by atoms with E-state index in [0.29, 0.717) is 0 Å². The molecule has 1 heterocycles. The molecule has 8 nitrogen and oxygen atoms in total. The first-order valence-electron chi connectivity index (χ1n) is 6.20. The fraction of sp³-hybridized carbons (Fsp3) is 0.909. The van der Waals surface area contributed by atoms with E-state index in [-0.39, 0.29) is 13.2 Å². The summed E-state index contributed by atoms with van der Waals surface area (Å²) >= 11 is 0. The van der Waals surface area contributed by atoms with Crippen LogP contribution in [0.4, 0.5) is 0 Å². The number of rotatable bonds is 6. The van der Waals surface area contributed by atoms with Crippen molar-refractivity contribution in [3.05, 3.63) is 0 Å². The van der Waals surface area contributed by atoms with Crippen molar-refractivity contribution in [2.24, 2.45) is 5.92 Å². The fourth-order valence-corrected chi connectivity index (χ4v) is 2.46. The average Bonchev–Trinajstić information content (AvgIpc) is 2.64. The van der Waals surface area contributed by atoms with Gasteiger partial charge in [0.05, 0.1) is 19.1 Å². The van der Waals surface area contributed by atoms with Gasteiger partial charge >= 0.3 is 16.4 Å². The third-order valence-electron chi connectivity index (χ3n) is 2.78. The first-order valence-corrected chi connectivity index (χ1v) is 7.56. The molecule has 0 aliphatic carbocycles. The lowest BCUT2D eigenvalue weighted by molar-refractivity contribution is -0.164. The molecule has 9 heteroatoms. The van der Waals surface area contributed by atoms with Gasteiger partial charge in [-0.15, -0.1) is 0 Å². The van der Waals surface area contributed by atoms with Crippen molar-refractivity contribution >= 4 is 16.4 Å². The average molecular weight is 312 g/mol. The highest BCUT2D eigenvalue weighted by molar-refractivity contribution is 7.80. The van der Waals surface area contributed by atoms with Gasteiger partial charge in [-0.1, -0.05) is 0 Å². The molecule has 0 aromatic rings. The summed E-state index contributed by atoms with van der Waals surface area (Å²) in [5, 5.41) is 0. The number of carbonyl (C=O) groups excluding carboxylic acids is 1. The molecule has 0 saturated carbocycles. The van der Waals surface area contributed by atoms with E-state index in [1.807, 2.05) is 0 Å². The fourth-order valence-electron chi connectivity index (χ4n) is 1.89. The Hall–Kier alpha value is -0.740. The molecule has 1 aliphatic rings. The number of hydrogen-bond donors (Lipinski definition) is 1. The second-order valence-electron chi connectivity index (χ2n) is 4.90. The summed E-state index contributed by atoms with van der Waals surface area (Å²) in [5.74, 6) is -2.51. The van der Waals surface area contributed by atoms with Crippen LogP contribution in [0, 0.1) is 5.92 Å². The normalized spacial score (nSPS) is 25.1. The van der Waals surface area contributed by atoms with Crippen molar-refractivity contribution in [1.82, 2.24) is 0 Å². The van der Waals surface area contributed by atoms with Crippen LogP contribution in [0.15, 0.2) is 0 Å². The van der Waals surface area contributed by atoms with Gasteiger partial charge < -0.3 is 14.2 Å². The Morgan fingerprint density at radius 3 is 2.50 bits per heavy atom. The molecule has 0 aromatic carbocycles. The van der Waals surface area contributed by atoms with Crippen LogP contribution in [0.1, 0.15) is 27.7 Å². The van der Waals surface area contributed by atoms with Gasteiger partial charge in [-0.25, -0.2) is 4.18 Å². The molecule has 0 radical (unpaired) electrons. The van der Waals surface area contributed by atoms with Gasteiger partial charge in [-0.05, 0) is 27.7 Å². The topological polar surface area (TPSA) is 108 Å². The molecule has 0 amide bonds. The van der Waals surface area contributed by atoms with E-state index in [1.165, 1.54) is 6.92 Å². The molecule has 20 heavy (non-hydrogen) atoms. The lowest BCUT2D eigenvalue weighted by Gasteiger charge is -2.26. The standard InChI is InChI=1S/C11H20O8S/c1-5-16-10(12)7(2)9(19-20(13,14)15)8-6-17-11(3,4)18-8/h7-9H,5-6H2,1-4H3,(H,13,14,15)/t7?,8-,9+/m1/s1. The Kier molecular flexibility index (Phi) is 5.50. The van der Waals surface area contributed by atoms with E-state index in [1.54, 1.807) is 20.8 Å². The van der Waals surface area contributed by atoms with Crippen LogP contribution < -0.4 is 0 Å². The van der Waals surface area contributed by atoms with Crippen molar-refractivity contribution in [2.45, 2.75) is 45.7 Å². The van der Waals surface area contributed by atoms with E-state index < -0.39 is 40.3 Å². The molecule has 0 aromatic heterocycles. The maximum Gasteiger partial charge on any atom is 0.397 e. The molecule has 0 spiro atoms. The van der Waals surface area contributed by atoms with Gasteiger partial charge in [0.2, 0.25) is 0 Å². The molecule has 1 aliphatic heterocycles. The lowest BCUT2D eigenvalue weighted by atomic mass is 10.0. The molecule has 3 atom stereocenters. The minimum atomic E-state index is -4.73. The van der Waals surface area contributed by atoms with Crippen LogP contribution >= 0.6 is 0 Å². The summed E-state index contributed by atoms with van der Waals surface area (Å²) in [5.41, 5.74) is 0. The number of hydrogen-bond acceptors (Lipinski definition) is 7. The Morgan fingerprint density at radius 1 is 1.50 bits per heavy atom. The zero-order valence-corrected chi connectivity index (χ0v) is 12.7. The second kappa shape index (κ2) is 6.35. The largest absolute Gasteiger partial charge is 0.466 e. The highest BCUT2D eigenvalue weighted by atomic mass is 32.3. The molecular formula is C11H20O8S. The SMILES string of the molecule is CCOC(=O)C(C)[C@H](OS(=O)(=O)O)[C@H]1COC(C)(C)O1. The maximum absolute atomic E-state index is 11.7. The minimum absolute atomic E-state index is 0.0386. The van der Waals surface area contributed by atoms with Gasteiger partial charge in [0, 0.05) is 0 Å². The molecule has 118 valence electrons. The monoisotopic (exact) mass is 312 g/mol. The van der Waals surface area contributed by atoms with E-state index in [9.17, 15) is 13.2 Å². The Labute approximate surface area is 118 Å². The first-order chi connectivity index (χ1) is 9.06. The molecule has 1 fully saturated rings. The summed E-state index contributed by atoms with van der Waals surface area (Å²) in [6.07, 6.45) is -2.04. The van der Waals surface area contributed by atoms with Crippen LogP contribution in [0.5, 0.6) is 0 Å². The van der Waals surface area contributed by atoms with Crippen molar-refractivity contribution in [2.75, 3.05) is 13.2 Å². The number of carbonyl (C=O) groups is 1. The zero-order valence-electron chi connectivity index (χ0n) is 11.9. The second-order valence-corrected chi connectivity index (χ2v) is 5.94. The summed E-state index contributed by atoms with van der Waals surface area (Å²) in [7, 11) is -4.73. The van der Waals surface area contributed by atoms with Gasteiger partial charge in [0.25, 0.3) is 0 Å². The third kappa shape index (κ3) is 4.98. The smallest absolute Gasteiger partial charge is 0.397 e. The highest BCUT2D eigenvalue weighted by Gasteiger charge is 2.44. The highest BCUT2D eigenvalue weighted by Crippen LogP contribution is 2.29. The quantitative estimate of drug-likeness (QED) is 0.558. The minimum Gasteiger partial charge on any atom is -0.466 e. The van der Waals surface area contributed by atoms with Gasteiger partial charge in [0.1, 0.15) is 12.2 Å². The summed E-state index contributed by atoms with van der Waals surface area (Å²) < 4.78 is 50.9. The Bertz CT molecular complexity index is 443. The molecule has 1 unspecified atom stereocenters. The van der Waals surface area contributed by atoms with Gasteiger partial charge in [-0.2, -0.15) is 8.42 Å². The third-order valence-corrected chi connectivity index (χ3v) is 3.25. The molecule has 0 bridgehead atoms. The first kappa shape index (κ1) is 17.3. The summed E-state index contributed by atoms with van der Waals surface area (Å²) in [6, 6.07) is 0. The molecule has 1 N–H and O–H groups in total. The Morgan fingerprint density at radius 2 is 2.10 bits per heavy atom. The predicted molar refractivity (Wildman–Crippen MR) is 67.1 cm³/mol. The summed E-state index contributed by atoms with van der Waals surface area (Å²) in [6.45, 7) is 6.54. The van der Waals surface area contributed by atoms with Gasteiger partial charge in [0.15, 0.2) is 5.79 Å². The van der Waals surface area contributed by atoms with Crippen LogP contribution in [-0.2, 0) is 33.6 Å². The maximum atomic E-state index is 11.7. The van der Waals surface area contributed by atoms with Crippen molar-refractivity contribution in [3.8, 4) is 0 Å². The van der Waals surface area contributed by atoms with E-state index in [2.05, 4.69) is 4.18 Å². The van der Waals surface area contributed by atoms with Crippen LogP contribution in [-0.4, -0.2) is 50.1 Å². The molecule has 1 rings (SSSR count). The van der Waals surface area contributed by atoms with Crippen molar-refractivity contribution in [1.29, 1.82) is 0 Å². The van der Waals surface area contributed by atoms with Crippen molar-refractivity contribution < 1.29 is 36.2 Å². The van der Waals surface area contributed by atoms with Crippen LogP contribution in [0.2, 0.25) is 0 Å². The lowest BCUT2D eigenvalue weighted by Crippen LogP contribution is -2.42. The number of esters is 1. The van der Waals surface area contributed by atoms with E-state index in [0.717, 1.165) is 0 Å². The molecular weight excluding hydrogens is 292 g/mol. The number of ether oxygens (including phenoxy) is 3. The van der Waals surface area contributed by atoms with Gasteiger partial charge in [-0.3, -0.25) is 9.35 Å². The zero-order chi connectivity index (χ0) is 15.6. The van der Waals surface area contributed by atoms with E-state index in [4.69, 9.17) is 18.8 Å². The van der Waals surface area contributed by atoms with Crippen LogP contribution in [0.25, 0.3) is 0 Å². The van der Waals surface area contributed by atoms with E-state index >= 15 is 0 Å². The summed E-state index contributed by atoms with van der Waals surface area (Å²) in [4.78, 5) is 11.7. The Balaban J connectivity index is 2.88. The van der Waals surface area contributed by atoms with Crippen LogP contribution in [0.3, 0.4) is 0 Å². The molecule has 1 saturated heterocycles.